The van der Waals surface area contributed by atoms with Crippen molar-refractivity contribution in [2.24, 2.45) is 0 Å². The molecule has 25 heavy (non-hydrogen) atoms. The molecule has 0 radical (unpaired) electrons. The van der Waals surface area contributed by atoms with Crippen molar-refractivity contribution in [1.29, 1.82) is 0 Å². The molecule has 4 heteroatoms. The molecule has 1 aliphatic heterocycles. The Morgan fingerprint density at radius 3 is 2.64 bits per heavy atom. The topological polar surface area (TPSA) is 43.8 Å². The van der Waals surface area contributed by atoms with Gasteiger partial charge >= 0.3 is 0 Å². The predicted molar refractivity (Wildman–Crippen MR) is 103 cm³/mol. The molecule has 2 rings (SSSR count). The highest BCUT2D eigenvalue weighted by molar-refractivity contribution is 5.94. The molecule has 4 nitrogen and oxygen atoms in total. The number of likely N-dealkylation sites (tertiary alicyclic amines) is 1. The molecule has 0 unspecified atom stereocenters. The normalized spacial score (nSPS) is 16.0. The molecule has 140 valence electrons. The van der Waals surface area contributed by atoms with Crippen LogP contribution in [0.4, 0.5) is 0 Å². The molecule has 1 aliphatic rings. The number of hydrogen-bond acceptors (Lipinski definition) is 3. The summed E-state index contributed by atoms with van der Waals surface area (Å²) in [4.78, 5) is 17.0. The Labute approximate surface area is 152 Å². The summed E-state index contributed by atoms with van der Waals surface area (Å²) < 4.78 is 0. The maximum atomic E-state index is 12.6. The number of aliphatic hydroxyl groups is 1. The maximum Gasteiger partial charge on any atom is 0.253 e. The first-order valence-electron chi connectivity index (χ1n) is 9.64. The lowest BCUT2D eigenvalue weighted by atomic mass is 9.98. The van der Waals surface area contributed by atoms with Gasteiger partial charge in [-0.2, -0.15) is 0 Å². The minimum absolute atomic E-state index is 0.0868. The summed E-state index contributed by atoms with van der Waals surface area (Å²) in [5.74, 6) is 0.0868. The van der Waals surface area contributed by atoms with Gasteiger partial charge in [0, 0.05) is 19.2 Å². The molecule has 1 heterocycles. The van der Waals surface area contributed by atoms with Crippen LogP contribution in [0, 0.1) is 0 Å². The van der Waals surface area contributed by atoms with Gasteiger partial charge in [-0.1, -0.05) is 18.6 Å². The van der Waals surface area contributed by atoms with Gasteiger partial charge in [-0.25, -0.2) is 0 Å². The van der Waals surface area contributed by atoms with E-state index in [0.717, 1.165) is 37.1 Å². The zero-order valence-electron chi connectivity index (χ0n) is 16.1. The SMILES string of the molecule is CN(CCCN1CCCCC1)C(=O)c1cccc(CCC(C)(C)O)c1. The number of rotatable bonds is 8. The van der Waals surface area contributed by atoms with Crippen LogP contribution in [-0.4, -0.2) is 59.6 Å². The molecule has 0 atom stereocenters. The first-order valence-corrected chi connectivity index (χ1v) is 9.64. The smallest absolute Gasteiger partial charge is 0.253 e. The third kappa shape index (κ3) is 7.17. The molecular formula is C21H34N2O2. The highest BCUT2D eigenvalue weighted by Gasteiger charge is 2.15. The molecule has 1 aromatic carbocycles. The summed E-state index contributed by atoms with van der Waals surface area (Å²) in [5, 5.41) is 9.87. The van der Waals surface area contributed by atoms with Crippen molar-refractivity contribution >= 4 is 5.91 Å². The third-order valence-electron chi connectivity index (χ3n) is 4.96. The van der Waals surface area contributed by atoms with Gasteiger partial charge in [0.05, 0.1) is 5.60 Å². The van der Waals surface area contributed by atoms with Crippen molar-refractivity contribution in [3.63, 3.8) is 0 Å². The van der Waals surface area contributed by atoms with E-state index in [-0.39, 0.29) is 5.91 Å². The quantitative estimate of drug-likeness (QED) is 0.785. The van der Waals surface area contributed by atoms with Gasteiger partial charge in [-0.05, 0) is 83.3 Å². The van der Waals surface area contributed by atoms with E-state index in [2.05, 4.69) is 4.90 Å². The number of piperidine rings is 1. The molecule has 1 fully saturated rings. The Balaban J connectivity index is 1.81. The van der Waals surface area contributed by atoms with Gasteiger partial charge < -0.3 is 14.9 Å². The van der Waals surface area contributed by atoms with Crippen molar-refractivity contribution in [3.05, 3.63) is 35.4 Å². The van der Waals surface area contributed by atoms with Crippen LogP contribution in [0.2, 0.25) is 0 Å². The second-order valence-electron chi connectivity index (χ2n) is 8.00. The maximum absolute atomic E-state index is 12.6. The summed E-state index contributed by atoms with van der Waals surface area (Å²) in [5.41, 5.74) is 1.18. The van der Waals surface area contributed by atoms with Gasteiger partial charge in [-0.3, -0.25) is 4.79 Å². The number of amides is 1. The van der Waals surface area contributed by atoms with Crippen LogP contribution in [0.3, 0.4) is 0 Å². The van der Waals surface area contributed by atoms with E-state index in [1.165, 1.54) is 32.4 Å². The Morgan fingerprint density at radius 2 is 1.96 bits per heavy atom. The highest BCUT2D eigenvalue weighted by atomic mass is 16.3. The average molecular weight is 347 g/mol. The first kappa shape index (κ1) is 19.9. The van der Waals surface area contributed by atoms with Gasteiger partial charge in [0.2, 0.25) is 0 Å². The van der Waals surface area contributed by atoms with Gasteiger partial charge in [0.1, 0.15) is 0 Å². The lowest BCUT2D eigenvalue weighted by Gasteiger charge is -2.27. The van der Waals surface area contributed by atoms with Crippen LogP contribution >= 0.6 is 0 Å². The fourth-order valence-electron chi connectivity index (χ4n) is 3.35. The van der Waals surface area contributed by atoms with Crippen molar-refractivity contribution < 1.29 is 9.90 Å². The zero-order valence-corrected chi connectivity index (χ0v) is 16.1. The lowest BCUT2D eigenvalue weighted by Crippen LogP contribution is -2.34. The minimum Gasteiger partial charge on any atom is -0.390 e. The fourth-order valence-corrected chi connectivity index (χ4v) is 3.35. The van der Waals surface area contributed by atoms with E-state index < -0.39 is 5.60 Å². The number of carbonyl (C=O) groups is 1. The van der Waals surface area contributed by atoms with Gasteiger partial charge in [0.25, 0.3) is 5.91 Å². The first-order chi connectivity index (χ1) is 11.8. The zero-order chi connectivity index (χ0) is 18.3. The average Bonchev–Trinajstić information content (AvgIpc) is 2.60. The summed E-state index contributed by atoms with van der Waals surface area (Å²) in [6.45, 7) is 7.94. The van der Waals surface area contributed by atoms with Gasteiger partial charge in [0.15, 0.2) is 0 Å². The molecule has 0 spiro atoms. The van der Waals surface area contributed by atoms with Crippen LogP contribution in [0.1, 0.15) is 61.9 Å². The number of nitrogens with zero attached hydrogens (tertiary/aromatic N) is 2. The van der Waals surface area contributed by atoms with E-state index >= 15 is 0 Å². The van der Waals surface area contributed by atoms with E-state index in [0.29, 0.717) is 6.42 Å². The number of aryl methyl sites for hydroxylation is 1. The largest absolute Gasteiger partial charge is 0.390 e. The third-order valence-corrected chi connectivity index (χ3v) is 4.96. The predicted octanol–water partition coefficient (Wildman–Crippen LogP) is 3.34. The number of carbonyl (C=O) groups excluding carboxylic acids is 1. The Kier molecular flexibility index (Phi) is 7.45. The Hall–Kier alpha value is -1.39. The van der Waals surface area contributed by atoms with E-state index in [1.807, 2.05) is 50.1 Å². The molecule has 0 aromatic heterocycles. The van der Waals surface area contributed by atoms with E-state index in [9.17, 15) is 9.90 Å². The Morgan fingerprint density at radius 1 is 1.24 bits per heavy atom. The monoisotopic (exact) mass is 346 g/mol. The molecule has 1 aromatic rings. The van der Waals surface area contributed by atoms with Crippen LogP contribution in [0.15, 0.2) is 24.3 Å². The molecule has 1 saturated heterocycles. The van der Waals surface area contributed by atoms with Crippen molar-refractivity contribution in [2.45, 2.75) is 58.0 Å². The van der Waals surface area contributed by atoms with E-state index in [4.69, 9.17) is 0 Å². The molecular weight excluding hydrogens is 312 g/mol. The van der Waals surface area contributed by atoms with Crippen molar-refractivity contribution in [2.75, 3.05) is 33.2 Å². The second kappa shape index (κ2) is 9.35. The highest BCUT2D eigenvalue weighted by Crippen LogP contribution is 2.15. The standard InChI is InChI=1S/C21H34N2O2/c1-21(2,25)12-11-18-9-7-10-19(17-18)20(24)22(3)13-8-16-23-14-5-4-6-15-23/h7,9-10,17,25H,4-6,8,11-16H2,1-3H3. The van der Waals surface area contributed by atoms with Crippen LogP contribution in [0.5, 0.6) is 0 Å². The number of hydrogen-bond donors (Lipinski definition) is 1. The molecule has 1 amide bonds. The van der Waals surface area contributed by atoms with Crippen molar-refractivity contribution in [3.8, 4) is 0 Å². The molecule has 1 N–H and O–H groups in total. The van der Waals surface area contributed by atoms with Crippen LogP contribution < -0.4 is 0 Å². The fraction of sp³-hybridized carbons (Fsp3) is 0.667. The molecule has 0 aliphatic carbocycles. The molecule has 0 bridgehead atoms. The summed E-state index contributed by atoms with van der Waals surface area (Å²) in [6.07, 6.45) is 6.48. The van der Waals surface area contributed by atoms with E-state index in [1.54, 1.807) is 0 Å². The summed E-state index contributed by atoms with van der Waals surface area (Å²) >= 11 is 0. The number of benzene rings is 1. The second-order valence-corrected chi connectivity index (χ2v) is 8.00. The Bertz CT molecular complexity index is 545. The van der Waals surface area contributed by atoms with Crippen molar-refractivity contribution in [1.82, 2.24) is 9.80 Å². The summed E-state index contributed by atoms with van der Waals surface area (Å²) in [7, 11) is 1.89. The van der Waals surface area contributed by atoms with Crippen LogP contribution in [0.25, 0.3) is 0 Å². The minimum atomic E-state index is -0.675. The lowest BCUT2D eigenvalue weighted by molar-refractivity contribution is 0.0714. The van der Waals surface area contributed by atoms with Crippen LogP contribution in [-0.2, 0) is 6.42 Å². The summed E-state index contributed by atoms with van der Waals surface area (Å²) in [6, 6.07) is 7.82. The van der Waals surface area contributed by atoms with Gasteiger partial charge in [-0.15, -0.1) is 0 Å². The molecule has 0 saturated carbocycles.